The van der Waals surface area contributed by atoms with E-state index in [1.807, 2.05) is 0 Å². The number of rotatable bonds is 6. The molecule has 0 aliphatic carbocycles. The maximum Gasteiger partial charge on any atom is 0.346 e. The zero-order chi connectivity index (χ0) is 13.9. The summed E-state index contributed by atoms with van der Waals surface area (Å²) in [6, 6.07) is 1.33. The number of carboxylic acid groups (broad SMARTS) is 1. The Labute approximate surface area is 109 Å². The maximum absolute atomic E-state index is 11.9. The van der Waals surface area contributed by atoms with Crippen LogP contribution in [0.25, 0.3) is 0 Å². The lowest BCUT2D eigenvalue weighted by Gasteiger charge is -2.08. The molecule has 1 rings (SSSR count). The molecule has 3 N–H and O–H groups in total. The summed E-state index contributed by atoms with van der Waals surface area (Å²) < 4.78 is 26.0. The Kier molecular flexibility index (Phi) is 4.85. The number of sulfonamides is 1. The van der Waals surface area contributed by atoms with Crippen LogP contribution >= 0.6 is 11.3 Å². The third-order valence-electron chi connectivity index (χ3n) is 2.29. The number of hydrogen-bond acceptors (Lipinski definition) is 5. The monoisotopic (exact) mass is 293 g/mol. The van der Waals surface area contributed by atoms with Crippen molar-refractivity contribution in [1.29, 1.82) is 0 Å². The Bertz CT molecular complexity index is 534. The number of carbonyl (C=O) groups is 1. The van der Waals surface area contributed by atoms with Crippen molar-refractivity contribution in [2.75, 3.05) is 13.2 Å². The van der Waals surface area contributed by atoms with E-state index in [1.54, 1.807) is 13.8 Å². The molecule has 0 fully saturated rings. The van der Waals surface area contributed by atoms with Crippen LogP contribution in [0.4, 0.5) is 0 Å². The minimum absolute atomic E-state index is 0.0191. The van der Waals surface area contributed by atoms with E-state index in [-0.39, 0.29) is 28.2 Å². The predicted molar refractivity (Wildman–Crippen MR) is 67.5 cm³/mol. The second-order valence-corrected chi connectivity index (χ2v) is 7.07. The summed E-state index contributed by atoms with van der Waals surface area (Å²) in [5.74, 6) is -1.33. The van der Waals surface area contributed by atoms with E-state index < -0.39 is 16.0 Å². The first-order chi connectivity index (χ1) is 8.27. The van der Waals surface area contributed by atoms with Gasteiger partial charge in [0, 0.05) is 13.2 Å². The van der Waals surface area contributed by atoms with Gasteiger partial charge in [-0.3, -0.25) is 0 Å². The Morgan fingerprint density at radius 2 is 2.17 bits per heavy atom. The number of aliphatic hydroxyl groups is 1. The molecule has 0 aromatic carbocycles. The topological polar surface area (TPSA) is 104 Å². The molecule has 0 bridgehead atoms. The lowest BCUT2D eigenvalue weighted by molar-refractivity contribution is 0.0701. The van der Waals surface area contributed by atoms with E-state index in [0.717, 1.165) is 11.3 Å². The van der Waals surface area contributed by atoms with Gasteiger partial charge in [-0.25, -0.2) is 17.9 Å². The van der Waals surface area contributed by atoms with Gasteiger partial charge in [-0.1, -0.05) is 6.92 Å². The summed E-state index contributed by atoms with van der Waals surface area (Å²) >= 11 is 0.721. The van der Waals surface area contributed by atoms with E-state index in [9.17, 15) is 13.2 Å². The van der Waals surface area contributed by atoms with Crippen molar-refractivity contribution in [1.82, 2.24) is 4.72 Å². The third-order valence-corrected chi connectivity index (χ3v) is 5.41. The van der Waals surface area contributed by atoms with Crippen molar-refractivity contribution in [3.63, 3.8) is 0 Å². The molecule has 6 nitrogen and oxygen atoms in total. The van der Waals surface area contributed by atoms with Crippen LogP contribution in [0.2, 0.25) is 0 Å². The number of carboxylic acids is 1. The minimum atomic E-state index is -3.71. The Balaban J connectivity index is 2.92. The molecule has 1 aromatic heterocycles. The lowest BCUT2D eigenvalue weighted by atomic mass is 10.2. The smallest absolute Gasteiger partial charge is 0.346 e. The van der Waals surface area contributed by atoms with E-state index >= 15 is 0 Å². The summed E-state index contributed by atoms with van der Waals surface area (Å²) in [7, 11) is -3.71. The van der Waals surface area contributed by atoms with Gasteiger partial charge in [0.1, 0.15) is 9.09 Å². The molecule has 0 spiro atoms. The van der Waals surface area contributed by atoms with Crippen LogP contribution in [0.1, 0.15) is 22.2 Å². The molecule has 0 saturated carbocycles. The Morgan fingerprint density at radius 3 is 2.61 bits per heavy atom. The second-order valence-electron chi connectivity index (χ2n) is 4.02. The number of nitrogens with one attached hydrogen (secondary N) is 1. The van der Waals surface area contributed by atoms with Crippen LogP contribution in [0.5, 0.6) is 0 Å². The van der Waals surface area contributed by atoms with Crippen molar-refractivity contribution in [3.05, 3.63) is 16.5 Å². The molecule has 0 aliphatic heterocycles. The van der Waals surface area contributed by atoms with Gasteiger partial charge in [0.2, 0.25) is 10.0 Å². The van der Waals surface area contributed by atoms with Crippen LogP contribution in [0.15, 0.2) is 10.3 Å². The van der Waals surface area contributed by atoms with Gasteiger partial charge < -0.3 is 10.2 Å². The molecule has 0 saturated heterocycles. The van der Waals surface area contributed by atoms with Crippen molar-refractivity contribution in [3.8, 4) is 0 Å². The second kappa shape index (κ2) is 5.79. The van der Waals surface area contributed by atoms with Gasteiger partial charge in [-0.05, 0) is 24.5 Å². The molecule has 0 aliphatic rings. The predicted octanol–water partition coefficient (Wildman–Crippen LogP) is 0.661. The first-order valence-electron chi connectivity index (χ1n) is 5.22. The molecule has 1 unspecified atom stereocenters. The van der Waals surface area contributed by atoms with Crippen molar-refractivity contribution in [2.45, 2.75) is 18.1 Å². The van der Waals surface area contributed by atoms with Gasteiger partial charge in [0.25, 0.3) is 0 Å². The molecule has 102 valence electrons. The minimum Gasteiger partial charge on any atom is -0.477 e. The van der Waals surface area contributed by atoms with E-state index in [0.29, 0.717) is 5.56 Å². The first kappa shape index (κ1) is 15.1. The summed E-state index contributed by atoms with van der Waals surface area (Å²) in [5.41, 5.74) is 0.420. The summed E-state index contributed by atoms with van der Waals surface area (Å²) in [5, 5.41) is 17.7. The van der Waals surface area contributed by atoms with Crippen LogP contribution in [-0.2, 0) is 10.0 Å². The van der Waals surface area contributed by atoms with E-state index in [2.05, 4.69) is 4.72 Å². The summed E-state index contributed by atoms with van der Waals surface area (Å²) in [6.07, 6.45) is 0. The van der Waals surface area contributed by atoms with Crippen LogP contribution < -0.4 is 4.72 Å². The SMILES string of the molecule is Cc1cc(S(=O)(=O)NCC(C)CO)sc1C(=O)O. The fraction of sp³-hybridized carbons (Fsp3) is 0.500. The molecule has 1 heterocycles. The molecule has 1 atom stereocenters. The highest BCUT2D eigenvalue weighted by Gasteiger charge is 2.21. The van der Waals surface area contributed by atoms with Crippen molar-refractivity contribution < 1.29 is 23.4 Å². The standard InChI is InChI=1S/C10H15NO5S2/c1-6(5-12)4-11-18(15,16)8-3-7(2)9(17-8)10(13)14/h3,6,11-12H,4-5H2,1-2H3,(H,13,14). The van der Waals surface area contributed by atoms with Crippen molar-refractivity contribution >= 4 is 27.3 Å². The largest absolute Gasteiger partial charge is 0.477 e. The van der Waals surface area contributed by atoms with Gasteiger partial charge in [-0.2, -0.15) is 0 Å². The van der Waals surface area contributed by atoms with Crippen LogP contribution in [-0.4, -0.2) is 37.8 Å². The zero-order valence-electron chi connectivity index (χ0n) is 10.0. The summed E-state index contributed by atoms with van der Waals surface area (Å²) in [6.45, 7) is 3.24. The quantitative estimate of drug-likeness (QED) is 0.715. The average Bonchev–Trinajstić information content (AvgIpc) is 2.69. The fourth-order valence-corrected chi connectivity index (χ4v) is 3.77. The van der Waals surface area contributed by atoms with Crippen LogP contribution in [0, 0.1) is 12.8 Å². The number of thiophene rings is 1. The number of aromatic carboxylic acids is 1. The van der Waals surface area contributed by atoms with Gasteiger partial charge in [0.15, 0.2) is 0 Å². The van der Waals surface area contributed by atoms with Gasteiger partial charge in [-0.15, -0.1) is 11.3 Å². The van der Waals surface area contributed by atoms with E-state index in [1.165, 1.54) is 6.07 Å². The summed E-state index contributed by atoms with van der Waals surface area (Å²) in [4.78, 5) is 10.9. The highest BCUT2D eigenvalue weighted by Crippen LogP contribution is 2.25. The molecule has 1 aromatic rings. The molecule has 8 heteroatoms. The highest BCUT2D eigenvalue weighted by atomic mass is 32.2. The molecular weight excluding hydrogens is 278 g/mol. The molecule has 0 amide bonds. The average molecular weight is 293 g/mol. The van der Waals surface area contributed by atoms with Crippen molar-refractivity contribution in [2.24, 2.45) is 5.92 Å². The van der Waals surface area contributed by atoms with Gasteiger partial charge >= 0.3 is 5.97 Å². The van der Waals surface area contributed by atoms with Gasteiger partial charge in [0.05, 0.1) is 0 Å². The zero-order valence-corrected chi connectivity index (χ0v) is 11.6. The Morgan fingerprint density at radius 1 is 1.56 bits per heavy atom. The highest BCUT2D eigenvalue weighted by molar-refractivity contribution is 7.91. The lowest BCUT2D eigenvalue weighted by Crippen LogP contribution is -2.29. The number of aliphatic hydroxyl groups excluding tert-OH is 1. The van der Waals surface area contributed by atoms with E-state index in [4.69, 9.17) is 10.2 Å². The number of hydrogen-bond donors (Lipinski definition) is 3. The van der Waals surface area contributed by atoms with Crippen LogP contribution in [0.3, 0.4) is 0 Å². The first-order valence-corrected chi connectivity index (χ1v) is 7.52. The maximum atomic E-state index is 11.9. The fourth-order valence-electron chi connectivity index (χ4n) is 1.19. The normalized spacial score (nSPS) is 13.5. The Hall–Kier alpha value is -0.960. The molecule has 18 heavy (non-hydrogen) atoms. The molecule has 0 radical (unpaired) electrons. The third kappa shape index (κ3) is 3.52. The number of aryl methyl sites for hydroxylation is 1. The molecular formula is C10H15NO5S2.